The summed E-state index contributed by atoms with van der Waals surface area (Å²) in [6.45, 7) is 2.46. The number of aromatic amines is 1. The van der Waals surface area contributed by atoms with Crippen molar-refractivity contribution in [1.29, 1.82) is 0 Å². The van der Waals surface area contributed by atoms with E-state index in [4.69, 9.17) is 21.7 Å². The Morgan fingerprint density at radius 1 is 1.42 bits per heavy atom. The third kappa shape index (κ3) is 2.73. The topological polar surface area (TPSA) is 65.0 Å². The van der Waals surface area contributed by atoms with Crippen LogP contribution < -0.4 is 0 Å². The molecule has 2 aromatic heterocycles. The van der Waals surface area contributed by atoms with E-state index < -0.39 is 0 Å². The summed E-state index contributed by atoms with van der Waals surface area (Å²) in [4.78, 5) is 4.29. The molecule has 1 aliphatic heterocycles. The molecule has 3 heterocycles. The van der Waals surface area contributed by atoms with Gasteiger partial charge < -0.3 is 9.47 Å². The minimum Gasteiger partial charge on any atom is -0.376 e. The highest BCUT2D eigenvalue weighted by atomic mass is 32.1. The average Bonchev–Trinajstić information content (AvgIpc) is 2.82. The Morgan fingerprint density at radius 3 is 3.11 bits per heavy atom. The number of aromatic nitrogens is 4. The van der Waals surface area contributed by atoms with Crippen LogP contribution in [0, 0.1) is 4.77 Å². The van der Waals surface area contributed by atoms with Crippen molar-refractivity contribution in [3.05, 3.63) is 29.2 Å². The number of nitrogens with one attached hydrogen (secondary N) is 1. The van der Waals surface area contributed by atoms with E-state index in [0.29, 0.717) is 31.1 Å². The van der Waals surface area contributed by atoms with Crippen molar-refractivity contribution in [1.82, 2.24) is 19.7 Å². The van der Waals surface area contributed by atoms with Crippen LogP contribution in [0.15, 0.2) is 24.4 Å². The SMILES string of the molecule is S=c1[nH]nc(-c2ccccn2)n1CC1COCCO1. The van der Waals surface area contributed by atoms with E-state index >= 15 is 0 Å². The molecule has 0 bridgehead atoms. The summed E-state index contributed by atoms with van der Waals surface area (Å²) in [6, 6.07) is 5.69. The molecule has 0 aliphatic carbocycles. The number of rotatable bonds is 3. The Morgan fingerprint density at radius 2 is 2.37 bits per heavy atom. The molecule has 1 N–H and O–H groups in total. The maximum Gasteiger partial charge on any atom is 0.195 e. The second-order valence-corrected chi connectivity index (χ2v) is 4.63. The first kappa shape index (κ1) is 12.5. The number of ether oxygens (including phenoxy) is 2. The summed E-state index contributed by atoms with van der Waals surface area (Å²) in [7, 11) is 0. The molecule has 1 saturated heterocycles. The molecular weight excluding hydrogens is 264 g/mol. The van der Waals surface area contributed by atoms with Crippen LogP contribution in [-0.4, -0.2) is 45.7 Å². The maximum atomic E-state index is 5.64. The third-order valence-corrected chi connectivity index (χ3v) is 3.24. The van der Waals surface area contributed by atoms with Crippen LogP contribution in [0.25, 0.3) is 11.5 Å². The van der Waals surface area contributed by atoms with Gasteiger partial charge in [0.15, 0.2) is 10.6 Å². The second-order valence-electron chi connectivity index (χ2n) is 4.25. The van der Waals surface area contributed by atoms with Crippen molar-refractivity contribution >= 4 is 12.2 Å². The van der Waals surface area contributed by atoms with Gasteiger partial charge in [-0.2, -0.15) is 5.10 Å². The zero-order chi connectivity index (χ0) is 13.1. The van der Waals surface area contributed by atoms with Gasteiger partial charge >= 0.3 is 0 Å². The Hall–Kier alpha value is -1.57. The summed E-state index contributed by atoms with van der Waals surface area (Å²) in [5.41, 5.74) is 0.784. The second kappa shape index (κ2) is 5.60. The molecule has 7 heteroatoms. The Bertz CT molecular complexity index is 589. The minimum atomic E-state index is 0.000474. The number of pyridine rings is 1. The molecule has 6 nitrogen and oxygen atoms in total. The Balaban J connectivity index is 1.88. The first-order valence-electron chi connectivity index (χ1n) is 6.10. The normalized spacial score (nSPS) is 19.5. The largest absolute Gasteiger partial charge is 0.376 e. The van der Waals surface area contributed by atoms with Crippen LogP contribution in [0.5, 0.6) is 0 Å². The lowest BCUT2D eigenvalue weighted by Gasteiger charge is -2.23. The molecule has 19 heavy (non-hydrogen) atoms. The molecular formula is C12H14N4O2S. The summed E-state index contributed by atoms with van der Waals surface area (Å²) >= 11 is 5.26. The van der Waals surface area contributed by atoms with Crippen LogP contribution in [0.2, 0.25) is 0 Å². The maximum absolute atomic E-state index is 5.64. The molecule has 0 amide bonds. The lowest BCUT2D eigenvalue weighted by molar-refractivity contribution is -0.0935. The van der Waals surface area contributed by atoms with Gasteiger partial charge in [-0.05, 0) is 24.4 Å². The number of hydrogen-bond donors (Lipinski definition) is 1. The van der Waals surface area contributed by atoms with Gasteiger partial charge in [0.2, 0.25) is 0 Å². The van der Waals surface area contributed by atoms with E-state index in [1.807, 2.05) is 22.8 Å². The van der Waals surface area contributed by atoms with E-state index in [-0.39, 0.29) is 6.10 Å². The quantitative estimate of drug-likeness (QED) is 0.860. The van der Waals surface area contributed by atoms with Gasteiger partial charge in [0.1, 0.15) is 5.69 Å². The van der Waals surface area contributed by atoms with Gasteiger partial charge in [0.25, 0.3) is 0 Å². The highest BCUT2D eigenvalue weighted by Crippen LogP contribution is 2.15. The molecule has 0 spiro atoms. The molecule has 2 aromatic rings. The summed E-state index contributed by atoms with van der Waals surface area (Å²) in [5, 5.41) is 7.04. The molecule has 0 aromatic carbocycles. The average molecular weight is 278 g/mol. The van der Waals surface area contributed by atoms with Crippen molar-refractivity contribution in [3.8, 4) is 11.5 Å². The first-order valence-corrected chi connectivity index (χ1v) is 6.51. The van der Waals surface area contributed by atoms with Crippen LogP contribution in [-0.2, 0) is 16.0 Å². The van der Waals surface area contributed by atoms with Gasteiger partial charge in [-0.3, -0.25) is 14.6 Å². The van der Waals surface area contributed by atoms with E-state index in [1.54, 1.807) is 6.20 Å². The van der Waals surface area contributed by atoms with Gasteiger partial charge in [-0.25, -0.2) is 0 Å². The van der Waals surface area contributed by atoms with Gasteiger partial charge in [-0.1, -0.05) is 6.07 Å². The number of H-pyrrole nitrogens is 1. The zero-order valence-corrected chi connectivity index (χ0v) is 11.1. The molecule has 1 fully saturated rings. The Labute approximate surface area is 115 Å². The fourth-order valence-electron chi connectivity index (χ4n) is 2.02. The standard InChI is InChI=1S/C12H14N4O2S/c19-12-15-14-11(10-3-1-2-4-13-10)16(12)7-9-8-17-5-6-18-9/h1-4,9H,5-8H2,(H,15,19). The fraction of sp³-hybridized carbons (Fsp3) is 0.417. The van der Waals surface area contributed by atoms with Crippen LogP contribution in [0.4, 0.5) is 0 Å². The lowest BCUT2D eigenvalue weighted by Crippen LogP contribution is -2.32. The highest BCUT2D eigenvalue weighted by molar-refractivity contribution is 7.71. The van der Waals surface area contributed by atoms with Crippen molar-refractivity contribution in [2.24, 2.45) is 0 Å². The van der Waals surface area contributed by atoms with E-state index in [1.165, 1.54) is 0 Å². The summed E-state index contributed by atoms with van der Waals surface area (Å²) in [6.07, 6.45) is 1.73. The van der Waals surface area contributed by atoms with Crippen molar-refractivity contribution in [3.63, 3.8) is 0 Å². The van der Waals surface area contributed by atoms with Crippen molar-refractivity contribution < 1.29 is 9.47 Å². The van der Waals surface area contributed by atoms with Crippen LogP contribution in [0.1, 0.15) is 0 Å². The monoisotopic (exact) mass is 278 g/mol. The fourth-order valence-corrected chi connectivity index (χ4v) is 2.23. The molecule has 0 radical (unpaired) electrons. The van der Waals surface area contributed by atoms with Gasteiger partial charge in [-0.15, -0.1) is 0 Å². The minimum absolute atomic E-state index is 0.000474. The van der Waals surface area contributed by atoms with Crippen LogP contribution >= 0.6 is 12.2 Å². The van der Waals surface area contributed by atoms with Gasteiger partial charge in [0, 0.05) is 6.20 Å². The first-order chi connectivity index (χ1) is 9.34. The highest BCUT2D eigenvalue weighted by Gasteiger charge is 2.18. The summed E-state index contributed by atoms with van der Waals surface area (Å²) < 4.78 is 13.5. The van der Waals surface area contributed by atoms with Crippen LogP contribution in [0.3, 0.4) is 0 Å². The third-order valence-electron chi connectivity index (χ3n) is 2.92. The number of hydrogen-bond acceptors (Lipinski definition) is 5. The number of nitrogens with zero attached hydrogens (tertiary/aromatic N) is 3. The van der Waals surface area contributed by atoms with E-state index in [0.717, 1.165) is 11.5 Å². The van der Waals surface area contributed by atoms with E-state index in [9.17, 15) is 0 Å². The molecule has 0 saturated carbocycles. The van der Waals surface area contributed by atoms with Crippen molar-refractivity contribution in [2.75, 3.05) is 19.8 Å². The Kier molecular flexibility index (Phi) is 3.67. The molecule has 1 atom stereocenters. The zero-order valence-electron chi connectivity index (χ0n) is 10.3. The summed E-state index contributed by atoms with van der Waals surface area (Å²) in [5.74, 6) is 0.722. The predicted molar refractivity (Wildman–Crippen MR) is 71.2 cm³/mol. The van der Waals surface area contributed by atoms with Gasteiger partial charge in [0.05, 0.1) is 32.5 Å². The molecule has 3 rings (SSSR count). The molecule has 100 valence electrons. The molecule has 1 aliphatic rings. The van der Waals surface area contributed by atoms with E-state index in [2.05, 4.69) is 15.2 Å². The molecule has 1 unspecified atom stereocenters. The lowest BCUT2D eigenvalue weighted by atomic mass is 10.3. The van der Waals surface area contributed by atoms with Crippen molar-refractivity contribution in [2.45, 2.75) is 12.6 Å². The predicted octanol–water partition coefficient (Wildman–Crippen LogP) is 1.42. The smallest absolute Gasteiger partial charge is 0.195 e.